The molecule has 2 aromatic carbocycles. The van der Waals surface area contributed by atoms with Gasteiger partial charge in [0.15, 0.2) is 0 Å². The number of halogens is 1. The van der Waals surface area contributed by atoms with Crippen molar-refractivity contribution in [3.63, 3.8) is 0 Å². The minimum atomic E-state index is -0.244. The van der Waals surface area contributed by atoms with E-state index in [0.717, 1.165) is 17.5 Å². The largest absolute Gasteiger partial charge is 0.335 e. The minimum absolute atomic E-state index is 0.109. The summed E-state index contributed by atoms with van der Waals surface area (Å²) in [6.45, 7) is 3.97. The summed E-state index contributed by atoms with van der Waals surface area (Å²) in [6.07, 6.45) is 0.865. The Morgan fingerprint density at radius 1 is 1.19 bits per heavy atom. The lowest BCUT2D eigenvalue weighted by molar-refractivity contribution is 0.249. The number of urea groups is 1. The van der Waals surface area contributed by atoms with Gasteiger partial charge in [-0.2, -0.15) is 4.98 Å². The van der Waals surface area contributed by atoms with E-state index in [1.54, 1.807) is 24.3 Å². The predicted octanol–water partition coefficient (Wildman–Crippen LogP) is 4.98. The maximum absolute atomic E-state index is 12.0. The number of amides is 2. The van der Waals surface area contributed by atoms with Gasteiger partial charge in [0.05, 0.1) is 0 Å². The van der Waals surface area contributed by atoms with Crippen LogP contribution in [0.3, 0.4) is 0 Å². The molecule has 26 heavy (non-hydrogen) atoms. The predicted molar refractivity (Wildman–Crippen MR) is 102 cm³/mol. The highest BCUT2D eigenvalue weighted by Crippen LogP contribution is 2.25. The smallest absolute Gasteiger partial charge is 0.319 e. The monoisotopic (exact) mass is 370 g/mol. The van der Waals surface area contributed by atoms with Gasteiger partial charge in [0.1, 0.15) is 0 Å². The molecule has 3 aromatic rings. The number of nitrogens with zero attached hydrogens (tertiary/aromatic N) is 2. The molecule has 1 unspecified atom stereocenters. The van der Waals surface area contributed by atoms with Crippen molar-refractivity contribution in [2.24, 2.45) is 0 Å². The first-order valence-corrected chi connectivity index (χ1v) is 8.70. The number of benzene rings is 2. The number of anilines is 1. The highest BCUT2D eigenvalue weighted by atomic mass is 35.5. The van der Waals surface area contributed by atoms with E-state index in [2.05, 4.69) is 20.8 Å². The third-order valence-corrected chi connectivity index (χ3v) is 4.14. The minimum Gasteiger partial charge on any atom is -0.335 e. The molecule has 0 bridgehead atoms. The Labute approximate surface area is 156 Å². The molecule has 2 N–H and O–H groups in total. The molecule has 134 valence electrons. The fraction of sp³-hybridized carbons (Fsp3) is 0.211. The number of rotatable bonds is 5. The topological polar surface area (TPSA) is 80.0 Å². The molecule has 2 amide bonds. The Balaban J connectivity index is 1.76. The molecule has 0 spiro atoms. The summed E-state index contributed by atoms with van der Waals surface area (Å²) in [5, 5.41) is 10.3. The first-order valence-electron chi connectivity index (χ1n) is 8.32. The standard InChI is InChI=1S/C19H19ClN4O2/c1-3-12(2)21-19(25)22-16-6-4-5-14(11-16)17-23-18(26-24-17)13-7-9-15(20)10-8-13/h4-12H,3H2,1-2H3,(H2,21,22,25). The highest BCUT2D eigenvalue weighted by Gasteiger charge is 2.12. The molecule has 0 saturated heterocycles. The first-order chi connectivity index (χ1) is 12.5. The van der Waals surface area contributed by atoms with Gasteiger partial charge < -0.3 is 15.2 Å². The van der Waals surface area contributed by atoms with Crippen LogP contribution >= 0.6 is 11.6 Å². The molecule has 0 aliphatic carbocycles. The molecule has 0 fully saturated rings. The van der Waals surface area contributed by atoms with E-state index in [1.165, 1.54) is 0 Å². The zero-order valence-corrected chi connectivity index (χ0v) is 15.2. The van der Waals surface area contributed by atoms with Crippen molar-refractivity contribution in [1.29, 1.82) is 0 Å². The molecule has 7 heteroatoms. The third-order valence-electron chi connectivity index (χ3n) is 3.89. The maximum atomic E-state index is 12.0. The lowest BCUT2D eigenvalue weighted by Gasteiger charge is -2.12. The molecule has 0 radical (unpaired) electrons. The van der Waals surface area contributed by atoms with Crippen LogP contribution in [-0.2, 0) is 0 Å². The lowest BCUT2D eigenvalue weighted by atomic mass is 10.2. The van der Waals surface area contributed by atoms with Gasteiger partial charge >= 0.3 is 6.03 Å². The van der Waals surface area contributed by atoms with Crippen molar-refractivity contribution in [1.82, 2.24) is 15.5 Å². The van der Waals surface area contributed by atoms with Crippen molar-refractivity contribution in [2.45, 2.75) is 26.3 Å². The van der Waals surface area contributed by atoms with E-state index < -0.39 is 0 Å². The van der Waals surface area contributed by atoms with Crippen LogP contribution in [0.1, 0.15) is 20.3 Å². The van der Waals surface area contributed by atoms with Gasteiger partial charge in [0, 0.05) is 27.9 Å². The fourth-order valence-corrected chi connectivity index (χ4v) is 2.41. The van der Waals surface area contributed by atoms with Gasteiger partial charge in [0.25, 0.3) is 5.89 Å². The fourth-order valence-electron chi connectivity index (χ4n) is 2.28. The molecule has 0 saturated carbocycles. The SMILES string of the molecule is CCC(C)NC(=O)Nc1cccc(-c2noc(-c3ccc(Cl)cc3)n2)c1. The van der Waals surface area contributed by atoms with E-state index in [9.17, 15) is 4.79 Å². The Hall–Kier alpha value is -2.86. The van der Waals surface area contributed by atoms with E-state index in [0.29, 0.717) is 22.4 Å². The van der Waals surface area contributed by atoms with Crippen LogP contribution in [0.4, 0.5) is 10.5 Å². The van der Waals surface area contributed by atoms with Crippen LogP contribution in [-0.4, -0.2) is 22.2 Å². The average Bonchev–Trinajstić information content (AvgIpc) is 3.12. The lowest BCUT2D eigenvalue weighted by Crippen LogP contribution is -2.35. The number of nitrogens with one attached hydrogen (secondary N) is 2. The Kier molecular flexibility index (Phi) is 5.53. The van der Waals surface area contributed by atoms with E-state index >= 15 is 0 Å². The quantitative estimate of drug-likeness (QED) is 0.664. The summed E-state index contributed by atoms with van der Waals surface area (Å²) in [4.78, 5) is 16.4. The number of carbonyl (C=O) groups is 1. The van der Waals surface area contributed by atoms with E-state index in [-0.39, 0.29) is 12.1 Å². The average molecular weight is 371 g/mol. The molecule has 1 atom stereocenters. The van der Waals surface area contributed by atoms with E-state index in [4.69, 9.17) is 16.1 Å². The van der Waals surface area contributed by atoms with Gasteiger partial charge in [-0.15, -0.1) is 0 Å². The summed E-state index contributed by atoms with van der Waals surface area (Å²) in [6, 6.07) is 14.3. The van der Waals surface area contributed by atoms with E-state index in [1.807, 2.05) is 38.1 Å². The molecule has 0 aliphatic heterocycles. The zero-order chi connectivity index (χ0) is 18.5. The Morgan fingerprint density at radius 2 is 1.96 bits per heavy atom. The van der Waals surface area contributed by atoms with Crippen LogP contribution in [0.5, 0.6) is 0 Å². The summed E-state index contributed by atoms with van der Waals surface area (Å²) in [5.41, 5.74) is 2.19. The second-order valence-corrected chi connectivity index (χ2v) is 6.36. The second kappa shape index (κ2) is 8.01. The van der Waals surface area contributed by atoms with Crippen molar-refractivity contribution >= 4 is 23.3 Å². The van der Waals surface area contributed by atoms with Crippen LogP contribution in [0.25, 0.3) is 22.8 Å². The van der Waals surface area contributed by atoms with Gasteiger partial charge in [-0.1, -0.05) is 35.8 Å². The number of aromatic nitrogens is 2. The Morgan fingerprint density at radius 3 is 2.69 bits per heavy atom. The molecule has 1 aromatic heterocycles. The van der Waals surface area contributed by atoms with Crippen molar-refractivity contribution < 1.29 is 9.32 Å². The van der Waals surface area contributed by atoms with Gasteiger partial charge in [-0.3, -0.25) is 0 Å². The third kappa shape index (κ3) is 4.40. The van der Waals surface area contributed by atoms with Crippen LogP contribution in [0.15, 0.2) is 53.1 Å². The molecule has 0 aliphatic rings. The summed E-state index contributed by atoms with van der Waals surface area (Å²) < 4.78 is 5.33. The first kappa shape index (κ1) is 17.9. The summed E-state index contributed by atoms with van der Waals surface area (Å²) >= 11 is 5.89. The number of hydrogen-bond acceptors (Lipinski definition) is 4. The van der Waals surface area contributed by atoms with Crippen molar-refractivity contribution in [2.75, 3.05) is 5.32 Å². The molecule has 1 heterocycles. The molecule has 6 nitrogen and oxygen atoms in total. The zero-order valence-electron chi connectivity index (χ0n) is 14.5. The number of hydrogen-bond donors (Lipinski definition) is 2. The Bertz CT molecular complexity index is 893. The van der Waals surface area contributed by atoms with Crippen LogP contribution < -0.4 is 10.6 Å². The molecule has 3 rings (SSSR count). The van der Waals surface area contributed by atoms with Gasteiger partial charge in [0.2, 0.25) is 5.82 Å². The molecular formula is C19H19ClN4O2. The maximum Gasteiger partial charge on any atom is 0.319 e. The summed E-state index contributed by atoms with van der Waals surface area (Å²) in [7, 11) is 0. The van der Waals surface area contributed by atoms with Gasteiger partial charge in [-0.25, -0.2) is 4.79 Å². The summed E-state index contributed by atoms with van der Waals surface area (Å²) in [5.74, 6) is 0.852. The van der Waals surface area contributed by atoms with Gasteiger partial charge in [-0.05, 0) is 49.7 Å². The molecular weight excluding hydrogens is 352 g/mol. The second-order valence-electron chi connectivity index (χ2n) is 5.92. The number of carbonyl (C=O) groups excluding carboxylic acids is 1. The van der Waals surface area contributed by atoms with Crippen LogP contribution in [0.2, 0.25) is 5.02 Å². The normalized spacial score (nSPS) is 11.8. The van der Waals surface area contributed by atoms with Crippen molar-refractivity contribution in [3.8, 4) is 22.8 Å². The highest BCUT2D eigenvalue weighted by molar-refractivity contribution is 6.30. The van der Waals surface area contributed by atoms with Crippen molar-refractivity contribution in [3.05, 3.63) is 53.6 Å². The van der Waals surface area contributed by atoms with Crippen LogP contribution in [0, 0.1) is 0 Å².